The molecule has 190 valence electrons. The van der Waals surface area contributed by atoms with Gasteiger partial charge in [0.1, 0.15) is 12.3 Å². The number of anilines is 2. The first-order chi connectivity index (χ1) is 18.5. The van der Waals surface area contributed by atoms with Gasteiger partial charge in [0.25, 0.3) is 5.91 Å². The number of nitrogens with one attached hydrogen (secondary N) is 2. The van der Waals surface area contributed by atoms with E-state index in [9.17, 15) is 14.0 Å². The zero-order valence-corrected chi connectivity index (χ0v) is 20.8. The van der Waals surface area contributed by atoms with Gasteiger partial charge in [-0.25, -0.2) is 14.8 Å². The zero-order valence-electron chi connectivity index (χ0n) is 20.0. The Morgan fingerprint density at radius 1 is 0.947 bits per heavy atom. The minimum absolute atomic E-state index is 0.171. The van der Waals surface area contributed by atoms with Gasteiger partial charge in [0.05, 0.1) is 5.69 Å². The van der Waals surface area contributed by atoms with E-state index in [2.05, 4.69) is 20.6 Å². The molecule has 5 rings (SSSR count). The fourth-order valence-corrected chi connectivity index (χ4v) is 4.47. The molecule has 0 bridgehead atoms. The van der Waals surface area contributed by atoms with Crippen LogP contribution in [-0.2, 0) is 17.9 Å². The summed E-state index contributed by atoms with van der Waals surface area (Å²) < 4.78 is 20.4. The Balaban J connectivity index is 1.21. The Morgan fingerprint density at radius 2 is 1.82 bits per heavy atom. The predicted molar refractivity (Wildman–Crippen MR) is 143 cm³/mol. The minimum atomic E-state index is -0.570. The number of nitrogens with zero attached hydrogens (tertiary/aromatic N) is 3. The molecule has 2 aromatic carbocycles. The van der Waals surface area contributed by atoms with E-state index in [-0.39, 0.29) is 12.5 Å². The first-order valence-electron chi connectivity index (χ1n) is 11.6. The van der Waals surface area contributed by atoms with Crippen LogP contribution in [0.25, 0.3) is 11.3 Å². The van der Waals surface area contributed by atoms with Crippen molar-refractivity contribution in [3.8, 4) is 11.3 Å². The summed E-state index contributed by atoms with van der Waals surface area (Å²) in [5, 5.41) is 7.79. The number of halogens is 1. The van der Waals surface area contributed by atoms with Crippen molar-refractivity contribution in [3.05, 3.63) is 119 Å². The average Bonchev–Trinajstić information content (AvgIpc) is 3.58. The molecule has 3 aromatic heterocycles. The van der Waals surface area contributed by atoms with Crippen molar-refractivity contribution in [2.45, 2.75) is 13.2 Å². The standard InChI is InChI=1S/C28H22FN5O3S/c29-25-14-20(11-12-30-25)16-34-13-5-10-24(34)26(35)33-27-32-23(18-38-27)21-8-4-9-22(15-21)31-28(36)37-17-19-6-2-1-3-7-19/h1-15,18H,16-17H2,(H,31,36)(H,32,33,35). The average molecular weight is 528 g/mol. The molecular formula is C28H22FN5O3S. The van der Waals surface area contributed by atoms with Gasteiger partial charge in [-0.15, -0.1) is 11.3 Å². The molecule has 5 aromatic rings. The summed E-state index contributed by atoms with van der Waals surface area (Å²) in [7, 11) is 0. The van der Waals surface area contributed by atoms with Gasteiger partial charge in [-0.2, -0.15) is 4.39 Å². The van der Waals surface area contributed by atoms with Crippen molar-refractivity contribution in [2.24, 2.45) is 0 Å². The second-order valence-electron chi connectivity index (χ2n) is 8.27. The molecule has 0 aliphatic carbocycles. The van der Waals surface area contributed by atoms with E-state index in [0.29, 0.717) is 34.3 Å². The summed E-state index contributed by atoms with van der Waals surface area (Å²) in [6, 6.07) is 23.1. The van der Waals surface area contributed by atoms with E-state index in [1.165, 1.54) is 23.6 Å². The summed E-state index contributed by atoms with van der Waals surface area (Å²) >= 11 is 1.29. The molecular weight excluding hydrogens is 505 g/mol. The highest BCUT2D eigenvalue weighted by molar-refractivity contribution is 7.14. The Kier molecular flexibility index (Phi) is 7.51. The Labute approximate surface area is 221 Å². The second-order valence-corrected chi connectivity index (χ2v) is 9.13. The lowest BCUT2D eigenvalue weighted by Crippen LogP contribution is -2.17. The lowest BCUT2D eigenvalue weighted by Gasteiger charge is -2.09. The molecule has 10 heteroatoms. The van der Waals surface area contributed by atoms with Gasteiger partial charge in [-0.05, 0) is 47.5 Å². The van der Waals surface area contributed by atoms with E-state index < -0.39 is 12.0 Å². The molecule has 2 amide bonds. The molecule has 8 nitrogen and oxygen atoms in total. The van der Waals surface area contributed by atoms with Crippen molar-refractivity contribution in [3.63, 3.8) is 0 Å². The van der Waals surface area contributed by atoms with Crippen LogP contribution in [0.3, 0.4) is 0 Å². The van der Waals surface area contributed by atoms with E-state index in [0.717, 1.165) is 11.1 Å². The first kappa shape index (κ1) is 24.8. The number of carbonyl (C=O) groups is 2. The second kappa shape index (κ2) is 11.5. The third-order valence-corrected chi connectivity index (χ3v) is 6.31. The molecule has 0 aliphatic rings. The minimum Gasteiger partial charge on any atom is -0.444 e. The molecule has 0 atom stereocenters. The van der Waals surface area contributed by atoms with Crippen LogP contribution in [0.1, 0.15) is 21.6 Å². The van der Waals surface area contributed by atoms with Crippen LogP contribution in [0.5, 0.6) is 0 Å². The highest BCUT2D eigenvalue weighted by atomic mass is 32.1. The van der Waals surface area contributed by atoms with Crippen LogP contribution in [0.4, 0.5) is 20.0 Å². The number of pyridine rings is 1. The smallest absolute Gasteiger partial charge is 0.411 e. The fraction of sp³-hybridized carbons (Fsp3) is 0.0714. The lowest BCUT2D eigenvalue weighted by molar-refractivity contribution is 0.101. The maximum absolute atomic E-state index is 13.4. The van der Waals surface area contributed by atoms with Crippen LogP contribution in [0, 0.1) is 5.95 Å². The molecule has 0 aliphatic heterocycles. The van der Waals surface area contributed by atoms with Gasteiger partial charge >= 0.3 is 6.09 Å². The van der Waals surface area contributed by atoms with E-state index in [4.69, 9.17) is 4.74 Å². The van der Waals surface area contributed by atoms with Crippen molar-refractivity contribution in [1.82, 2.24) is 14.5 Å². The summed E-state index contributed by atoms with van der Waals surface area (Å²) in [5.74, 6) is -0.902. The monoisotopic (exact) mass is 527 g/mol. The van der Waals surface area contributed by atoms with Gasteiger partial charge in [0.2, 0.25) is 5.95 Å². The van der Waals surface area contributed by atoms with Crippen molar-refractivity contribution < 1.29 is 18.7 Å². The highest BCUT2D eigenvalue weighted by Gasteiger charge is 2.15. The summed E-state index contributed by atoms with van der Waals surface area (Å²) in [6.07, 6.45) is 2.59. The van der Waals surface area contributed by atoms with Gasteiger partial charge in [-0.3, -0.25) is 15.4 Å². The van der Waals surface area contributed by atoms with Crippen LogP contribution in [0.15, 0.2) is 96.6 Å². The van der Waals surface area contributed by atoms with Gasteiger partial charge < -0.3 is 9.30 Å². The maximum Gasteiger partial charge on any atom is 0.411 e. The molecule has 0 spiro atoms. The number of thiazole rings is 1. The molecule has 0 fully saturated rings. The van der Waals surface area contributed by atoms with Crippen LogP contribution in [-0.4, -0.2) is 26.5 Å². The molecule has 0 saturated carbocycles. The number of rotatable bonds is 8. The first-order valence-corrected chi connectivity index (χ1v) is 12.5. The highest BCUT2D eigenvalue weighted by Crippen LogP contribution is 2.27. The Hall–Kier alpha value is -4.83. The van der Waals surface area contributed by atoms with Crippen LogP contribution >= 0.6 is 11.3 Å². The fourth-order valence-electron chi connectivity index (χ4n) is 3.75. The summed E-state index contributed by atoms with van der Waals surface area (Å²) in [4.78, 5) is 33.2. The number of aromatic nitrogens is 3. The Bertz CT molecular complexity index is 1570. The van der Waals surface area contributed by atoms with Crippen molar-refractivity contribution in [1.29, 1.82) is 0 Å². The van der Waals surface area contributed by atoms with Crippen molar-refractivity contribution >= 4 is 34.2 Å². The maximum atomic E-state index is 13.4. The predicted octanol–water partition coefficient (Wildman–Crippen LogP) is 6.20. The number of benzene rings is 2. The van der Waals surface area contributed by atoms with E-state index in [1.54, 1.807) is 47.2 Å². The van der Waals surface area contributed by atoms with Gasteiger partial charge in [0, 0.05) is 35.6 Å². The number of hydrogen-bond acceptors (Lipinski definition) is 6. The van der Waals surface area contributed by atoms with E-state index >= 15 is 0 Å². The van der Waals surface area contributed by atoms with Gasteiger partial charge in [0.15, 0.2) is 5.13 Å². The topological polar surface area (TPSA) is 98.1 Å². The zero-order chi connectivity index (χ0) is 26.3. The molecule has 38 heavy (non-hydrogen) atoms. The molecule has 0 saturated heterocycles. The number of amides is 2. The van der Waals surface area contributed by atoms with Crippen LogP contribution < -0.4 is 10.6 Å². The quantitative estimate of drug-likeness (QED) is 0.234. The van der Waals surface area contributed by atoms with Crippen molar-refractivity contribution in [2.75, 3.05) is 10.6 Å². The molecule has 3 heterocycles. The molecule has 2 N–H and O–H groups in total. The molecule has 0 radical (unpaired) electrons. The SMILES string of the molecule is O=C(Nc1cccc(-c2csc(NC(=O)c3cccn3Cc3ccnc(F)c3)n2)c1)OCc1ccccc1. The summed E-state index contributed by atoms with van der Waals surface area (Å²) in [5.41, 5.74) is 3.98. The number of ether oxygens (including phenoxy) is 1. The number of hydrogen-bond donors (Lipinski definition) is 2. The van der Waals surface area contributed by atoms with E-state index in [1.807, 2.05) is 41.8 Å². The third-order valence-electron chi connectivity index (χ3n) is 5.55. The van der Waals surface area contributed by atoms with Crippen LogP contribution in [0.2, 0.25) is 0 Å². The van der Waals surface area contributed by atoms with Gasteiger partial charge in [-0.1, -0.05) is 42.5 Å². The number of carbonyl (C=O) groups excluding carboxylic acids is 2. The molecule has 0 unspecified atom stereocenters. The Morgan fingerprint density at radius 3 is 2.66 bits per heavy atom. The normalized spacial score (nSPS) is 10.7. The largest absolute Gasteiger partial charge is 0.444 e. The third kappa shape index (κ3) is 6.29. The summed E-state index contributed by atoms with van der Waals surface area (Å²) in [6.45, 7) is 0.496. The lowest BCUT2D eigenvalue weighted by atomic mass is 10.1.